The lowest BCUT2D eigenvalue weighted by atomic mass is 9.90. The maximum Gasteiger partial charge on any atom is 0.335 e. The number of carbonyl (C=O) groups is 2. The van der Waals surface area contributed by atoms with E-state index in [2.05, 4.69) is 0 Å². The molecular formula is C38H35N3O6S. The lowest BCUT2D eigenvalue weighted by Gasteiger charge is -2.30. The number of likely N-dealkylation sites (N-methyl/N-ethyl adjacent to an activating group) is 1. The first-order valence-electron chi connectivity index (χ1n) is 15.7. The number of amides is 1. The van der Waals surface area contributed by atoms with Crippen LogP contribution in [-0.2, 0) is 11.4 Å². The van der Waals surface area contributed by atoms with E-state index in [1.807, 2.05) is 81.4 Å². The van der Waals surface area contributed by atoms with Gasteiger partial charge in [-0.15, -0.1) is 0 Å². The van der Waals surface area contributed by atoms with Crippen molar-refractivity contribution in [3.63, 3.8) is 0 Å². The molecule has 2 heterocycles. The van der Waals surface area contributed by atoms with Gasteiger partial charge in [-0.25, -0.2) is 9.79 Å². The van der Waals surface area contributed by atoms with Gasteiger partial charge in [0, 0.05) is 24.2 Å². The lowest BCUT2D eigenvalue weighted by Crippen LogP contribution is -2.43. The van der Waals surface area contributed by atoms with Gasteiger partial charge in [0.25, 0.3) is 11.5 Å². The molecule has 4 aromatic carbocycles. The molecular weight excluding hydrogens is 627 g/mol. The fourth-order valence-corrected chi connectivity index (χ4v) is 7.10. The number of carboxylic acids is 1. The van der Waals surface area contributed by atoms with E-state index in [0.29, 0.717) is 50.8 Å². The number of aromatic nitrogens is 1. The Morgan fingerprint density at radius 1 is 0.958 bits per heavy atom. The molecule has 0 unspecified atom stereocenters. The smallest absolute Gasteiger partial charge is 0.335 e. The summed E-state index contributed by atoms with van der Waals surface area (Å²) in [5.74, 6) is -0.0322. The zero-order chi connectivity index (χ0) is 33.9. The number of methoxy groups -OCH3 is 1. The Hall–Kier alpha value is -5.48. The first-order valence-corrected chi connectivity index (χ1v) is 16.5. The summed E-state index contributed by atoms with van der Waals surface area (Å²) in [5.41, 5.74) is 3.13. The minimum absolute atomic E-state index is 0.175. The Balaban J connectivity index is 1.50. The molecule has 48 heavy (non-hydrogen) atoms. The Kier molecular flexibility index (Phi) is 9.27. The number of carbonyl (C=O) groups excluding carboxylic acids is 1. The first-order chi connectivity index (χ1) is 23.2. The van der Waals surface area contributed by atoms with Crippen LogP contribution in [0.2, 0.25) is 0 Å². The molecule has 0 aliphatic carbocycles. The number of fused-ring (bicyclic) bond motifs is 2. The number of carboxylic acid groups (broad SMARTS) is 1. The molecule has 1 amide bonds. The quantitative estimate of drug-likeness (QED) is 0.211. The van der Waals surface area contributed by atoms with E-state index in [1.54, 1.807) is 34.8 Å². The number of benzene rings is 4. The Morgan fingerprint density at radius 2 is 1.67 bits per heavy atom. The predicted octanol–water partition coefficient (Wildman–Crippen LogP) is 5.54. The van der Waals surface area contributed by atoms with E-state index in [1.165, 1.54) is 23.5 Å². The maximum atomic E-state index is 14.5. The molecule has 9 nitrogen and oxygen atoms in total. The fourth-order valence-electron chi connectivity index (χ4n) is 6.06. The van der Waals surface area contributed by atoms with Crippen molar-refractivity contribution in [1.29, 1.82) is 0 Å². The average Bonchev–Trinajstić information content (AvgIpc) is 3.40. The van der Waals surface area contributed by atoms with Crippen LogP contribution in [0.1, 0.15) is 53.9 Å². The molecule has 1 atom stereocenters. The van der Waals surface area contributed by atoms with E-state index in [0.717, 1.165) is 21.9 Å². The molecule has 0 saturated carbocycles. The van der Waals surface area contributed by atoms with Crippen LogP contribution in [0.5, 0.6) is 11.5 Å². The molecule has 1 aliphatic rings. The van der Waals surface area contributed by atoms with Crippen LogP contribution in [0.15, 0.2) is 106 Å². The summed E-state index contributed by atoms with van der Waals surface area (Å²) in [6, 6.07) is 24.9. The molecule has 0 spiro atoms. The van der Waals surface area contributed by atoms with Crippen LogP contribution in [-0.4, -0.2) is 46.6 Å². The van der Waals surface area contributed by atoms with Gasteiger partial charge >= 0.3 is 5.97 Å². The monoisotopic (exact) mass is 661 g/mol. The molecule has 0 bridgehead atoms. The van der Waals surface area contributed by atoms with Crippen LogP contribution < -0.4 is 24.4 Å². The van der Waals surface area contributed by atoms with Gasteiger partial charge in [0.15, 0.2) is 4.80 Å². The second-order valence-corrected chi connectivity index (χ2v) is 12.3. The third kappa shape index (κ3) is 6.02. The van der Waals surface area contributed by atoms with Crippen molar-refractivity contribution in [3.8, 4) is 11.5 Å². The van der Waals surface area contributed by atoms with E-state index < -0.39 is 12.0 Å². The van der Waals surface area contributed by atoms with Crippen LogP contribution >= 0.6 is 11.3 Å². The highest BCUT2D eigenvalue weighted by atomic mass is 32.1. The molecule has 1 aromatic heterocycles. The van der Waals surface area contributed by atoms with E-state index in [4.69, 9.17) is 14.5 Å². The molecule has 244 valence electrons. The molecule has 5 aromatic rings. The third-order valence-corrected chi connectivity index (χ3v) is 9.51. The Labute approximate surface area is 281 Å². The van der Waals surface area contributed by atoms with E-state index in [-0.39, 0.29) is 23.6 Å². The minimum Gasteiger partial charge on any atom is -0.496 e. The highest BCUT2D eigenvalue weighted by Crippen LogP contribution is 2.40. The second kappa shape index (κ2) is 13.7. The minimum atomic E-state index is -0.991. The van der Waals surface area contributed by atoms with Gasteiger partial charge in [-0.2, -0.15) is 0 Å². The average molecular weight is 662 g/mol. The number of aromatic carboxylic acids is 1. The van der Waals surface area contributed by atoms with Gasteiger partial charge in [-0.3, -0.25) is 14.2 Å². The summed E-state index contributed by atoms with van der Waals surface area (Å²) in [7, 11) is 1.59. The highest BCUT2D eigenvalue weighted by Gasteiger charge is 2.36. The van der Waals surface area contributed by atoms with Crippen molar-refractivity contribution in [2.24, 2.45) is 4.99 Å². The summed E-state index contributed by atoms with van der Waals surface area (Å²) >= 11 is 1.26. The first kappa shape index (κ1) is 32.5. The van der Waals surface area contributed by atoms with Crippen molar-refractivity contribution in [1.82, 2.24) is 9.47 Å². The molecule has 0 fully saturated rings. The van der Waals surface area contributed by atoms with Crippen molar-refractivity contribution >= 4 is 40.1 Å². The fraction of sp³-hybridized carbons (Fsp3) is 0.211. The number of para-hydroxylation sites is 1. The van der Waals surface area contributed by atoms with Crippen molar-refractivity contribution in [3.05, 3.63) is 138 Å². The molecule has 1 aliphatic heterocycles. The van der Waals surface area contributed by atoms with Crippen LogP contribution in [0.3, 0.4) is 0 Å². The van der Waals surface area contributed by atoms with E-state index >= 15 is 0 Å². The summed E-state index contributed by atoms with van der Waals surface area (Å²) < 4.78 is 14.1. The third-order valence-electron chi connectivity index (χ3n) is 8.53. The summed E-state index contributed by atoms with van der Waals surface area (Å²) in [5, 5.41) is 11.0. The van der Waals surface area contributed by atoms with Crippen LogP contribution in [0.25, 0.3) is 16.8 Å². The van der Waals surface area contributed by atoms with Gasteiger partial charge < -0.3 is 19.5 Å². The standard InChI is InChI=1S/C38H35N3O6S/c1-5-40(6-2)36(43)32-23(3)39-38-41(34(32)33-28-13-9-7-11-25(28)19-20-30(33)46-4)35(42)31(48-38)21-27-12-8-10-14-29(27)47-22-24-15-17-26(18-16-24)37(44)45/h7-21,34H,5-6,22H2,1-4H3,(H,44,45)/b31-21+/t34-/m1/s1. The number of ether oxygens (including phenoxy) is 2. The largest absolute Gasteiger partial charge is 0.496 e. The highest BCUT2D eigenvalue weighted by molar-refractivity contribution is 7.07. The molecule has 0 saturated heterocycles. The molecule has 10 heteroatoms. The van der Waals surface area contributed by atoms with Gasteiger partial charge in [0.05, 0.1) is 28.5 Å². The summed E-state index contributed by atoms with van der Waals surface area (Å²) in [6.45, 7) is 6.93. The zero-order valence-electron chi connectivity index (χ0n) is 27.1. The van der Waals surface area contributed by atoms with Gasteiger partial charge in [-0.1, -0.05) is 72.0 Å². The normalized spacial score (nSPS) is 14.4. The maximum absolute atomic E-state index is 14.5. The number of rotatable bonds is 10. The van der Waals surface area contributed by atoms with E-state index in [9.17, 15) is 19.5 Å². The van der Waals surface area contributed by atoms with Crippen molar-refractivity contribution in [2.45, 2.75) is 33.4 Å². The Bertz CT molecular complexity index is 2250. The number of hydrogen-bond acceptors (Lipinski definition) is 7. The van der Waals surface area contributed by atoms with Crippen molar-refractivity contribution in [2.75, 3.05) is 20.2 Å². The number of hydrogen-bond donors (Lipinski definition) is 1. The SMILES string of the molecule is CCN(CC)C(=O)C1=C(C)N=c2s/c(=C/c3ccccc3OCc3ccc(C(=O)O)cc3)c(=O)n2[C@H]1c1c(OC)ccc2ccccc12. The predicted molar refractivity (Wildman–Crippen MR) is 186 cm³/mol. The topological polar surface area (TPSA) is 110 Å². The second-order valence-electron chi connectivity index (χ2n) is 11.3. The number of nitrogens with zero attached hydrogens (tertiary/aromatic N) is 3. The molecule has 0 radical (unpaired) electrons. The van der Waals surface area contributed by atoms with Crippen LogP contribution in [0.4, 0.5) is 0 Å². The van der Waals surface area contributed by atoms with Gasteiger partial charge in [-0.05, 0) is 67.4 Å². The Morgan fingerprint density at radius 3 is 2.38 bits per heavy atom. The van der Waals surface area contributed by atoms with Gasteiger partial charge in [0.2, 0.25) is 0 Å². The molecule has 1 N–H and O–H groups in total. The lowest BCUT2D eigenvalue weighted by molar-refractivity contribution is -0.127. The number of thiazole rings is 1. The summed E-state index contributed by atoms with van der Waals surface area (Å²) in [6.07, 6.45) is 1.79. The van der Waals surface area contributed by atoms with Crippen LogP contribution in [0, 0.1) is 0 Å². The van der Waals surface area contributed by atoms with Gasteiger partial charge in [0.1, 0.15) is 24.1 Å². The zero-order valence-corrected chi connectivity index (χ0v) is 27.9. The number of allylic oxidation sites excluding steroid dienone is 1. The van der Waals surface area contributed by atoms with Crippen molar-refractivity contribution < 1.29 is 24.2 Å². The molecule has 6 rings (SSSR count). The summed E-state index contributed by atoms with van der Waals surface area (Å²) in [4.78, 5) is 47.0.